The molecule has 0 radical (unpaired) electrons. The average molecular weight is 257 g/mol. The van der Waals surface area contributed by atoms with Crippen LogP contribution in [0.1, 0.15) is 43.0 Å². The monoisotopic (exact) mass is 257 g/mol. The van der Waals surface area contributed by atoms with Crippen LogP contribution in [0, 0.1) is 6.92 Å². The smallest absolute Gasteiger partial charge is 0.251 e. The second-order valence-corrected chi connectivity index (χ2v) is 5.40. The van der Waals surface area contributed by atoms with E-state index in [0.717, 1.165) is 11.3 Å². The number of nitrogens with zero attached hydrogens (tertiary/aromatic N) is 3. The lowest BCUT2D eigenvalue weighted by atomic mass is 10.3. The fourth-order valence-corrected chi connectivity index (χ4v) is 2.75. The highest BCUT2D eigenvalue weighted by Gasteiger charge is 2.17. The van der Waals surface area contributed by atoms with Gasteiger partial charge in [0.1, 0.15) is 0 Å². The third-order valence-electron chi connectivity index (χ3n) is 3.85. The third-order valence-corrected chi connectivity index (χ3v) is 3.85. The summed E-state index contributed by atoms with van der Waals surface area (Å²) in [5.41, 5.74) is 1.99. The molecule has 19 heavy (non-hydrogen) atoms. The molecular formula is C15H19N3O. The van der Waals surface area contributed by atoms with Crippen molar-refractivity contribution in [3.05, 3.63) is 52.2 Å². The van der Waals surface area contributed by atoms with Crippen LogP contribution >= 0.6 is 0 Å². The maximum Gasteiger partial charge on any atom is 0.251 e. The highest BCUT2D eigenvalue weighted by Crippen LogP contribution is 2.28. The normalized spacial score (nSPS) is 16.1. The molecule has 0 aliphatic heterocycles. The molecule has 0 bridgehead atoms. The summed E-state index contributed by atoms with van der Waals surface area (Å²) in [7, 11) is 0. The van der Waals surface area contributed by atoms with Crippen LogP contribution in [0.15, 0.2) is 35.4 Å². The maximum atomic E-state index is 11.8. The van der Waals surface area contributed by atoms with Crippen LogP contribution in [0.25, 0.3) is 0 Å². The zero-order valence-electron chi connectivity index (χ0n) is 11.2. The zero-order chi connectivity index (χ0) is 13.2. The lowest BCUT2D eigenvalue weighted by Crippen LogP contribution is -2.19. The van der Waals surface area contributed by atoms with Crippen LogP contribution in [-0.4, -0.2) is 14.3 Å². The Balaban J connectivity index is 1.78. The molecule has 1 aliphatic carbocycles. The van der Waals surface area contributed by atoms with Gasteiger partial charge < -0.3 is 4.57 Å². The van der Waals surface area contributed by atoms with Crippen LogP contribution in [0.3, 0.4) is 0 Å². The SMILES string of the molecule is Cc1ccn(Cc2ccn(C3CCCC3)n2)c(=O)c1. The number of hydrogen-bond acceptors (Lipinski definition) is 2. The Hall–Kier alpha value is -1.84. The molecular weight excluding hydrogens is 238 g/mol. The third kappa shape index (κ3) is 2.62. The van der Waals surface area contributed by atoms with Crippen molar-refractivity contribution < 1.29 is 0 Å². The van der Waals surface area contributed by atoms with E-state index in [1.165, 1.54) is 25.7 Å². The first-order chi connectivity index (χ1) is 9.22. The van der Waals surface area contributed by atoms with E-state index in [2.05, 4.69) is 9.78 Å². The molecule has 1 fully saturated rings. The first-order valence-electron chi connectivity index (χ1n) is 6.93. The highest BCUT2D eigenvalue weighted by molar-refractivity contribution is 5.10. The Morgan fingerprint density at radius 3 is 2.79 bits per heavy atom. The standard InChI is InChI=1S/C15H19N3O/c1-12-6-8-17(15(19)10-12)11-13-7-9-18(16-13)14-4-2-3-5-14/h6-10,14H,2-5,11H2,1H3. The fraction of sp³-hybridized carbons (Fsp3) is 0.467. The molecule has 0 unspecified atom stereocenters. The van der Waals surface area contributed by atoms with Crippen molar-refractivity contribution in [1.82, 2.24) is 14.3 Å². The second kappa shape index (κ2) is 5.03. The van der Waals surface area contributed by atoms with E-state index in [-0.39, 0.29) is 5.56 Å². The zero-order valence-corrected chi connectivity index (χ0v) is 11.2. The van der Waals surface area contributed by atoms with Crippen LogP contribution < -0.4 is 5.56 Å². The first-order valence-corrected chi connectivity index (χ1v) is 6.93. The van der Waals surface area contributed by atoms with E-state index in [9.17, 15) is 4.79 Å². The van der Waals surface area contributed by atoms with Crippen molar-refractivity contribution in [1.29, 1.82) is 0 Å². The topological polar surface area (TPSA) is 39.8 Å². The molecule has 2 aromatic heterocycles. The number of pyridine rings is 1. The second-order valence-electron chi connectivity index (χ2n) is 5.40. The van der Waals surface area contributed by atoms with Gasteiger partial charge in [0, 0.05) is 18.5 Å². The molecule has 4 nitrogen and oxygen atoms in total. The summed E-state index contributed by atoms with van der Waals surface area (Å²) in [6, 6.07) is 6.19. The summed E-state index contributed by atoms with van der Waals surface area (Å²) >= 11 is 0. The Kier molecular flexibility index (Phi) is 3.23. The molecule has 0 N–H and O–H groups in total. The minimum atomic E-state index is 0.0374. The molecule has 3 rings (SSSR count). The number of hydrogen-bond donors (Lipinski definition) is 0. The number of rotatable bonds is 3. The predicted octanol–water partition coefficient (Wildman–Crippen LogP) is 2.52. The van der Waals surface area contributed by atoms with Crippen LogP contribution in [-0.2, 0) is 6.54 Å². The molecule has 0 saturated heterocycles. The Bertz CT molecular complexity index is 620. The predicted molar refractivity (Wildman–Crippen MR) is 74.3 cm³/mol. The molecule has 0 amide bonds. The molecule has 0 spiro atoms. The lowest BCUT2D eigenvalue weighted by Gasteiger charge is -2.09. The molecule has 2 aromatic rings. The van der Waals surface area contributed by atoms with Gasteiger partial charge in [0.15, 0.2) is 0 Å². The Morgan fingerprint density at radius 2 is 2.05 bits per heavy atom. The van der Waals surface area contributed by atoms with E-state index in [0.29, 0.717) is 12.6 Å². The summed E-state index contributed by atoms with van der Waals surface area (Å²) in [4.78, 5) is 11.8. The summed E-state index contributed by atoms with van der Waals surface area (Å²) in [5, 5.41) is 4.61. The van der Waals surface area contributed by atoms with Crippen molar-refractivity contribution >= 4 is 0 Å². The summed E-state index contributed by atoms with van der Waals surface area (Å²) in [6.07, 6.45) is 8.95. The Labute approximate surface area is 112 Å². The summed E-state index contributed by atoms with van der Waals surface area (Å²) in [6.45, 7) is 2.49. The first kappa shape index (κ1) is 12.2. The molecule has 0 atom stereocenters. The van der Waals surface area contributed by atoms with Gasteiger partial charge in [-0.2, -0.15) is 5.10 Å². The van der Waals surface area contributed by atoms with Gasteiger partial charge in [-0.3, -0.25) is 9.48 Å². The highest BCUT2D eigenvalue weighted by atomic mass is 16.1. The quantitative estimate of drug-likeness (QED) is 0.847. The van der Waals surface area contributed by atoms with Gasteiger partial charge in [-0.15, -0.1) is 0 Å². The summed E-state index contributed by atoms with van der Waals surface area (Å²) < 4.78 is 3.77. The molecule has 100 valence electrons. The van der Waals surface area contributed by atoms with Crippen LogP contribution in [0.5, 0.6) is 0 Å². The fourth-order valence-electron chi connectivity index (χ4n) is 2.75. The van der Waals surface area contributed by atoms with Gasteiger partial charge in [0.25, 0.3) is 5.56 Å². The van der Waals surface area contributed by atoms with Crippen molar-refractivity contribution in [2.45, 2.75) is 45.2 Å². The van der Waals surface area contributed by atoms with Crippen LogP contribution in [0.2, 0.25) is 0 Å². The molecule has 4 heteroatoms. The summed E-state index contributed by atoms with van der Waals surface area (Å²) in [5.74, 6) is 0. The minimum Gasteiger partial charge on any atom is -0.309 e. The molecule has 2 heterocycles. The van der Waals surface area contributed by atoms with Gasteiger partial charge >= 0.3 is 0 Å². The van der Waals surface area contributed by atoms with Crippen molar-refractivity contribution in [2.24, 2.45) is 0 Å². The van der Waals surface area contributed by atoms with Crippen molar-refractivity contribution in [2.75, 3.05) is 0 Å². The Morgan fingerprint density at radius 1 is 1.26 bits per heavy atom. The molecule has 1 saturated carbocycles. The van der Waals surface area contributed by atoms with E-state index < -0.39 is 0 Å². The van der Waals surface area contributed by atoms with Gasteiger partial charge in [0.05, 0.1) is 18.3 Å². The maximum absolute atomic E-state index is 11.8. The van der Waals surface area contributed by atoms with E-state index in [1.807, 2.05) is 31.5 Å². The van der Waals surface area contributed by atoms with E-state index >= 15 is 0 Å². The molecule has 1 aliphatic rings. The van der Waals surface area contributed by atoms with Gasteiger partial charge in [-0.1, -0.05) is 12.8 Å². The largest absolute Gasteiger partial charge is 0.309 e. The van der Waals surface area contributed by atoms with Gasteiger partial charge in [-0.25, -0.2) is 0 Å². The number of aryl methyl sites for hydroxylation is 1. The van der Waals surface area contributed by atoms with E-state index in [1.54, 1.807) is 10.6 Å². The van der Waals surface area contributed by atoms with Crippen molar-refractivity contribution in [3.8, 4) is 0 Å². The average Bonchev–Trinajstić information content (AvgIpc) is 3.03. The van der Waals surface area contributed by atoms with Gasteiger partial charge in [-0.05, 0) is 37.5 Å². The van der Waals surface area contributed by atoms with Crippen molar-refractivity contribution in [3.63, 3.8) is 0 Å². The number of aromatic nitrogens is 3. The molecule has 0 aromatic carbocycles. The van der Waals surface area contributed by atoms with Gasteiger partial charge in [0.2, 0.25) is 0 Å². The minimum absolute atomic E-state index is 0.0374. The van der Waals surface area contributed by atoms with E-state index in [4.69, 9.17) is 0 Å². The lowest BCUT2D eigenvalue weighted by molar-refractivity contribution is 0.461. The van der Waals surface area contributed by atoms with Crippen LogP contribution in [0.4, 0.5) is 0 Å².